The molecule has 0 heterocycles. The van der Waals surface area contributed by atoms with E-state index in [0.29, 0.717) is 17.9 Å². The van der Waals surface area contributed by atoms with Gasteiger partial charge in [-0.05, 0) is 36.4 Å². The van der Waals surface area contributed by atoms with Crippen molar-refractivity contribution in [3.05, 3.63) is 64.2 Å². The molecule has 2 aromatic carbocycles. The Bertz CT molecular complexity index is 668. The SMILES string of the molecule is COc1ccc(C(=O)OCCNc2ccc([N+](=O)[O-])cc2)cc1. The minimum absolute atomic E-state index is 0.0292. The Labute approximate surface area is 133 Å². The van der Waals surface area contributed by atoms with E-state index < -0.39 is 10.9 Å². The van der Waals surface area contributed by atoms with E-state index >= 15 is 0 Å². The predicted molar refractivity (Wildman–Crippen MR) is 84.9 cm³/mol. The summed E-state index contributed by atoms with van der Waals surface area (Å²) in [5, 5.41) is 13.6. The highest BCUT2D eigenvalue weighted by Crippen LogP contribution is 2.15. The third-order valence-corrected chi connectivity index (χ3v) is 3.07. The summed E-state index contributed by atoms with van der Waals surface area (Å²) in [5.74, 6) is 0.250. The van der Waals surface area contributed by atoms with Crippen LogP contribution in [0.2, 0.25) is 0 Å². The van der Waals surface area contributed by atoms with Crippen molar-refractivity contribution in [3.8, 4) is 5.75 Å². The summed E-state index contributed by atoms with van der Waals surface area (Å²) < 4.78 is 10.2. The van der Waals surface area contributed by atoms with Crippen LogP contribution in [0.3, 0.4) is 0 Å². The molecule has 7 heteroatoms. The monoisotopic (exact) mass is 316 g/mol. The molecule has 2 rings (SSSR count). The molecule has 0 saturated carbocycles. The fraction of sp³-hybridized carbons (Fsp3) is 0.188. The number of nitro benzene ring substituents is 1. The number of non-ortho nitro benzene ring substituents is 1. The van der Waals surface area contributed by atoms with E-state index in [1.807, 2.05) is 0 Å². The number of nitrogens with zero attached hydrogens (tertiary/aromatic N) is 1. The van der Waals surface area contributed by atoms with E-state index in [-0.39, 0.29) is 12.3 Å². The Hall–Kier alpha value is -3.09. The standard InChI is InChI=1S/C16H16N2O5/c1-22-15-8-2-12(3-9-15)16(19)23-11-10-17-13-4-6-14(7-5-13)18(20)21/h2-9,17H,10-11H2,1H3. The lowest BCUT2D eigenvalue weighted by Crippen LogP contribution is -2.13. The highest BCUT2D eigenvalue weighted by Gasteiger charge is 2.07. The summed E-state index contributed by atoms with van der Waals surface area (Å²) in [6.07, 6.45) is 0. The van der Waals surface area contributed by atoms with Crippen LogP contribution in [0.1, 0.15) is 10.4 Å². The number of nitro groups is 1. The average molecular weight is 316 g/mol. The highest BCUT2D eigenvalue weighted by molar-refractivity contribution is 5.89. The number of rotatable bonds is 7. The van der Waals surface area contributed by atoms with Gasteiger partial charge in [0.05, 0.1) is 17.6 Å². The molecule has 0 amide bonds. The topological polar surface area (TPSA) is 90.7 Å². The van der Waals surface area contributed by atoms with Gasteiger partial charge >= 0.3 is 5.97 Å². The fourth-order valence-corrected chi connectivity index (χ4v) is 1.85. The Morgan fingerprint density at radius 1 is 1.13 bits per heavy atom. The van der Waals surface area contributed by atoms with Crippen LogP contribution in [-0.2, 0) is 4.74 Å². The molecule has 0 bridgehead atoms. The number of hydrogen-bond donors (Lipinski definition) is 1. The lowest BCUT2D eigenvalue weighted by Gasteiger charge is -2.08. The van der Waals surface area contributed by atoms with Gasteiger partial charge in [0.1, 0.15) is 12.4 Å². The van der Waals surface area contributed by atoms with E-state index in [4.69, 9.17) is 9.47 Å². The highest BCUT2D eigenvalue weighted by atomic mass is 16.6. The van der Waals surface area contributed by atoms with Crippen molar-refractivity contribution in [2.45, 2.75) is 0 Å². The molecule has 1 N–H and O–H groups in total. The van der Waals surface area contributed by atoms with Crippen molar-refractivity contribution in [1.29, 1.82) is 0 Å². The number of hydrogen-bond acceptors (Lipinski definition) is 6. The first kappa shape index (κ1) is 16.3. The van der Waals surface area contributed by atoms with Crippen molar-refractivity contribution in [3.63, 3.8) is 0 Å². The van der Waals surface area contributed by atoms with Gasteiger partial charge in [0, 0.05) is 24.4 Å². The van der Waals surface area contributed by atoms with E-state index in [9.17, 15) is 14.9 Å². The zero-order valence-corrected chi connectivity index (χ0v) is 12.5. The summed E-state index contributed by atoms with van der Waals surface area (Å²) in [7, 11) is 1.55. The quantitative estimate of drug-likeness (QED) is 0.365. The number of carbonyl (C=O) groups excluding carboxylic acids is 1. The molecule has 0 spiro atoms. The molecule has 2 aromatic rings. The van der Waals surface area contributed by atoms with E-state index in [0.717, 1.165) is 5.69 Å². The minimum atomic E-state index is -0.458. The molecule has 0 unspecified atom stereocenters. The maximum atomic E-state index is 11.8. The van der Waals surface area contributed by atoms with E-state index in [2.05, 4.69) is 5.32 Å². The van der Waals surface area contributed by atoms with Crippen LogP contribution < -0.4 is 10.1 Å². The second-order valence-corrected chi connectivity index (χ2v) is 4.60. The van der Waals surface area contributed by atoms with Crippen LogP contribution in [-0.4, -0.2) is 31.2 Å². The van der Waals surface area contributed by atoms with Gasteiger partial charge in [0.2, 0.25) is 0 Å². The largest absolute Gasteiger partial charge is 0.497 e. The van der Waals surface area contributed by atoms with Crippen molar-refractivity contribution in [2.75, 3.05) is 25.6 Å². The Balaban J connectivity index is 1.75. The molecule has 120 valence electrons. The molecule has 23 heavy (non-hydrogen) atoms. The molecule has 0 aliphatic heterocycles. The minimum Gasteiger partial charge on any atom is -0.497 e. The average Bonchev–Trinajstić information content (AvgIpc) is 2.59. The van der Waals surface area contributed by atoms with Gasteiger partial charge in [-0.15, -0.1) is 0 Å². The molecular weight excluding hydrogens is 300 g/mol. The van der Waals surface area contributed by atoms with Crippen LogP contribution in [0, 0.1) is 10.1 Å². The third kappa shape index (κ3) is 4.70. The first-order valence-electron chi connectivity index (χ1n) is 6.89. The van der Waals surface area contributed by atoms with Crippen LogP contribution in [0.4, 0.5) is 11.4 Å². The number of ether oxygens (including phenoxy) is 2. The van der Waals surface area contributed by atoms with Gasteiger partial charge < -0.3 is 14.8 Å². The Morgan fingerprint density at radius 3 is 2.35 bits per heavy atom. The van der Waals surface area contributed by atoms with Crippen molar-refractivity contribution >= 4 is 17.3 Å². The molecule has 0 aliphatic carbocycles. The van der Waals surface area contributed by atoms with Crippen LogP contribution >= 0.6 is 0 Å². The second-order valence-electron chi connectivity index (χ2n) is 4.60. The van der Waals surface area contributed by atoms with Crippen LogP contribution in [0.25, 0.3) is 0 Å². The summed E-state index contributed by atoms with van der Waals surface area (Å²) >= 11 is 0. The third-order valence-electron chi connectivity index (χ3n) is 3.07. The summed E-state index contributed by atoms with van der Waals surface area (Å²) in [5.41, 5.74) is 1.19. The maximum absolute atomic E-state index is 11.8. The lowest BCUT2D eigenvalue weighted by atomic mass is 10.2. The smallest absolute Gasteiger partial charge is 0.338 e. The van der Waals surface area contributed by atoms with Gasteiger partial charge in [-0.25, -0.2) is 4.79 Å². The Kier molecular flexibility index (Phi) is 5.51. The lowest BCUT2D eigenvalue weighted by molar-refractivity contribution is -0.384. The summed E-state index contributed by atoms with van der Waals surface area (Å²) in [6, 6.07) is 12.7. The second kappa shape index (κ2) is 7.79. The van der Waals surface area contributed by atoms with Gasteiger partial charge in [-0.2, -0.15) is 0 Å². The molecule has 7 nitrogen and oxygen atoms in total. The van der Waals surface area contributed by atoms with Crippen LogP contribution in [0.15, 0.2) is 48.5 Å². The normalized spacial score (nSPS) is 9.96. The zero-order valence-electron chi connectivity index (χ0n) is 12.5. The van der Waals surface area contributed by atoms with Crippen molar-refractivity contribution in [1.82, 2.24) is 0 Å². The molecule has 0 radical (unpaired) electrons. The maximum Gasteiger partial charge on any atom is 0.338 e. The number of carbonyl (C=O) groups is 1. The molecule has 0 saturated heterocycles. The summed E-state index contributed by atoms with van der Waals surface area (Å²) in [4.78, 5) is 21.9. The van der Waals surface area contributed by atoms with E-state index in [1.54, 1.807) is 43.5 Å². The Morgan fingerprint density at radius 2 is 1.78 bits per heavy atom. The molecule has 0 fully saturated rings. The van der Waals surface area contributed by atoms with Gasteiger partial charge in [-0.1, -0.05) is 0 Å². The van der Waals surface area contributed by atoms with Crippen LogP contribution in [0.5, 0.6) is 5.75 Å². The molecular formula is C16H16N2O5. The van der Waals surface area contributed by atoms with Crippen molar-refractivity contribution < 1.29 is 19.2 Å². The van der Waals surface area contributed by atoms with Gasteiger partial charge in [-0.3, -0.25) is 10.1 Å². The van der Waals surface area contributed by atoms with E-state index in [1.165, 1.54) is 12.1 Å². The first-order valence-corrected chi connectivity index (χ1v) is 6.89. The van der Waals surface area contributed by atoms with Crippen molar-refractivity contribution in [2.24, 2.45) is 0 Å². The first-order chi connectivity index (χ1) is 11.1. The number of anilines is 1. The molecule has 0 atom stereocenters. The van der Waals surface area contributed by atoms with Gasteiger partial charge in [0.25, 0.3) is 5.69 Å². The number of esters is 1. The zero-order chi connectivity index (χ0) is 16.7. The number of methoxy groups -OCH3 is 1. The summed E-state index contributed by atoms with van der Waals surface area (Å²) in [6.45, 7) is 0.585. The number of benzene rings is 2. The number of nitrogens with one attached hydrogen (secondary N) is 1. The fourth-order valence-electron chi connectivity index (χ4n) is 1.85. The predicted octanol–water partition coefficient (Wildman–Crippen LogP) is 2.87. The molecule has 0 aliphatic rings. The van der Waals surface area contributed by atoms with Gasteiger partial charge in [0.15, 0.2) is 0 Å². The molecule has 0 aromatic heterocycles.